The van der Waals surface area contributed by atoms with Gasteiger partial charge in [0, 0.05) is 50.7 Å². The van der Waals surface area contributed by atoms with Crippen molar-refractivity contribution in [2.75, 3.05) is 26.2 Å². The summed E-state index contributed by atoms with van der Waals surface area (Å²) in [6.45, 7) is 6.29. The molecule has 0 aromatic carbocycles. The SMILES string of the molecule is CCCn1nc(C(=O)N2CCN(Cc3cscn3)CC2)ccc1=O. The first kappa shape index (κ1) is 16.8. The summed E-state index contributed by atoms with van der Waals surface area (Å²) >= 11 is 1.60. The minimum Gasteiger partial charge on any atom is -0.335 e. The van der Waals surface area contributed by atoms with Crippen LogP contribution in [0.25, 0.3) is 0 Å². The van der Waals surface area contributed by atoms with E-state index in [1.54, 1.807) is 16.2 Å². The number of thiazole rings is 1. The van der Waals surface area contributed by atoms with Crippen LogP contribution in [0, 0.1) is 0 Å². The van der Waals surface area contributed by atoms with Crippen molar-refractivity contribution in [3.05, 3.63) is 44.8 Å². The molecule has 0 radical (unpaired) electrons. The second-order valence-electron chi connectivity index (χ2n) is 5.83. The molecule has 1 saturated heterocycles. The molecular weight excluding hydrogens is 326 g/mol. The summed E-state index contributed by atoms with van der Waals surface area (Å²) in [6, 6.07) is 2.95. The average Bonchev–Trinajstić information content (AvgIpc) is 3.10. The van der Waals surface area contributed by atoms with Crippen molar-refractivity contribution in [1.82, 2.24) is 24.6 Å². The zero-order chi connectivity index (χ0) is 16.9. The lowest BCUT2D eigenvalue weighted by molar-refractivity contribution is 0.0618. The molecule has 0 bridgehead atoms. The summed E-state index contributed by atoms with van der Waals surface area (Å²) in [4.78, 5) is 32.7. The largest absolute Gasteiger partial charge is 0.335 e. The van der Waals surface area contributed by atoms with Crippen LogP contribution in [0.4, 0.5) is 0 Å². The minimum atomic E-state index is -0.165. The molecule has 0 unspecified atom stereocenters. The summed E-state index contributed by atoms with van der Waals surface area (Å²) in [5, 5.41) is 6.26. The molecule has 8 heteroatoms. The van der Waals surface area contributed by atoms with Crippen LogP contribution in [0.1, 0.15) is 29.5 Å². The lowest BCUT2D eigenvalue weighted by atomic mass is 10.2. The number of carbonyl (C=O) groups excluding carboxylic acids is 1. The van der Waals surface area contributed by atoms with Crippen LogP contribution >= 0.6 is 11.3 Å². The smallest absolute Gasteiger partial charge is 0.274 e. The molecule has 128 valence electrons. The minimum absolute atomic E-state index is 0.104. The third kappa shape index (κ3) is 3.88. The number of aromatic nitrogens is 3. The molecule has 1 aliphatic rings. The molecule has 0 saturated carbocycles. The standard InChI is InChI=1S/C16H21N5O2S/c1-2-5-21-15(22)4-3-14(18-21)16(23)20-8-6-19(7-9-20)10-13-11-24-12-17-13/h3-4,11-12H,2,5-10H2,1H3. The molecular formula is C16H21N5O2S. The van der Waals surface area contributed by atoms with Gasteiger partial charge < -0.3 is 4.90 Å². The van der Waals surface area contributed by atoms with Crippen molar-refractivity contribution < 1.29 is 4.79 Å². The van der Waals surface area contributed by atoms with E-state index < -0.39 is 0 Å². The number of hydrogen-bond donors (Lipinski definition) is 0. The van der Waals surface area contributed by atoms with E-state index in [9.17, 15) is 9.59 Å². The van der Waals surface area contributed by atoms with E-state index >= 15 is 0 Å². The van der Waals surface area contributed by atoms with Gasteiger partial charge in [-0.3, -0.25) is 14.5 Å². The summed E-state index contributed by atoms with van der Waals surface area (Å²) < 4.78 is 1.37. The lowest BCUT2D eigenvalue weighted by Crippen LogP contribution is -2.48. The Balaban J connectivity index is 1.60. The van der Waals surface area contributed by atoms with Crippen LogP contribution in [0.3, 0.4) is 0 Å². The van der Waals surface area contributed by atoms with E-state index in [2.05, 4.69) is 20.4 Å². The summed E-state index contributed by atoms with van der Waals surface area (Å²) in [5.74, 6) is -0.104. The van der Waals surface area contributed by atoms with E-state index in [0.717, 1.165) is 31.7 Å². The Kier molecular flexibility index (Phi) is 5.37. The monoisotopic (exact) mass is 347 g/mol. The van der Waals surface area contributed by atoms with Gasteiger partial charge in [-0.25, -0.2) is 9.67 Å². The van der Waals surface area contributed by atoms with Crippen LogP contribution in [-0.2, 0) is 13.1 Å². The molecule has 2 aromatic rings. The predicted octanol–water partition coefficient (Wildman–Crippen LogP) is 1.07. The van der Waals surface area contributed by atoms with E-state index in [1.807, 2.05) is 12.4 Å². The van der Waals surface area contributed by atoms with E-state index in [4.69, 9.17) is 0 Å². The first-order chi connectivity index (χ1) is 11.7. The number of carbonyl (C=O) groups is 1. The molecule has 1 amide bonds. The van der Waals surface area contributed by atoms with Crippen molar-refractivity contribution in [3.8, 4) is 0 Å². The number of piperazine rings is 1. The molecule has 1 fully saturated rings. The van der Waals surface area contributed by atoms with Crippen molar-refractivity contribution >= 4 is 17.2 Å². The Morgan fingerprint density at radius 1 is 1.25 bits per heavy atom. The highest BCUT2D eigenvalue weighted by Crippen LogP contribution is 2.10. The molecule has 0 atom stereocenters. The topological polar surface area (TPSA) is 71.3 Å². The van der Waals surface area contributed by atoms with Crippen molar-refractivity contribution in [2.45, 2.75) is 26.4 Å². The fourth-order valence-corrected chi connectivity index (χ4v) is 3.30. The molecule has 2 aromatic heterocycles. The predicted molar refractivity (Wildman–Crippen MR) is 92.1 cm³/mol. The highest BCUT2D eigenvalue weighted by molar-refractivity contribution is 7.07. The molecule has 0 aliphatic carbocycles. The van der Waals surface area contributed by atoms with Gasteiger partial charge in [-0.2, -0.15) is 5.10 Å². The maximum Gasteiger partial charge on any atom is 0.274 e. The number of aryl methyl sites for hydroxylation is 1. The Morgan fingerprint density at radius 3 is 2.71 bits per heavy atom. The van der Waals surface area contributed by atoms with E-state index in [-0.39, 0.29) is 11.5 Å². The highest BCUT2D eigenvalue weighted by Gasteiger charge is 2.23. The molecule has 3 heterocycles. The average molecular weight is 347 g/mol. The van der Waals surface area contributed by atoms with E-state index in [1.165, 1.54) is 16.8 Å². The molecule has 24 heavy (non-hydrogen) atoms. The Bertz CT molecular complexity index is 735. The van der Waals surface area contributed by atoms with Gasteiger partial charge in [-0.05, 0) is 12.5 Å². The second kappa shape index (κ2) is 7.67. The molecule has 0 spiro atoms. The zero-order valence-electron chi connectivity index (χ0n) is 13.7. The third-order valence-electron chi connectivity index (χ3n) is 4.05. The second-order valence-corrected chi connectivity index (χ2v) is 6.55. The Labute approximate surface area is 144 Å². The van der Waals surface area contributed by atoms with Gasteiger partial charge >= 0.3 is 0 Å². The summed E-state index contributed by atoms with van der Waals surface area (Å²) in [6.07, 6.45) is 0.805. The van der Waals surface area contributed by atoms with Crippen molar-refractivity contribution in [1.29, 1.82) is 0 Å². The molecule has 7 nitrogen and oxygen atoms in total. The van der Waals surface area contributed by atoms with Crippen LogP contribution in [0.2, 0.25) is 0 Å². The number of hydrogen-bond acceptors (Lipinski definition) is 6. The van der Waals surface area contributed by atoms with Gasteiger partial charge in [-0.1, -0.05) is 6.92 Å². The fourth-order valence-electron chi connectivity index (χ4n) is 2.75. The zero-order valence-corrected chi connectivity index (χ0v) is 14.5. The molecule has 0 N–H and O–H groups in total. The number of nitrogens with zero attached hydrogens (tertiary/aromatic N) is 5. The third-order valence-corrected chi connectivity index (χ3v) is 4.69. The van der Waals surface area contributed by atoms with Gasteiger partial charge in [0.25, 0.3) is 11.5 Å². The lowest BCUT2D eigenvalue weighted by Gasteiger charge is -2.34. The van der Waals surface area contributed by atoms with Gasteiger partial charge in [0.2, 0.25) is 0 Å². The van der Waals surface area contributed by atoms with Crippen LogP contribution in [0.15, 0.2) is 27.8 Å². The van der Waals surface area contributed by atoms with Gasteiger partial charge in [0.05, 0.1) is 11.2 Å². The summed E-state index contributed by atoms with van der Waals surface area (Å²) in [7, 11) is 0. The number of rotatable bonds is 5. The first-order valence-electron chi connectivity index (χ1n) is 8.14. The van der Waals surface area contributed by atoms with Crippen molar-refractivity contribution in [2.24, 2.45) is 0 Å². The molecule has 3 rings (SSSR count). The first-order valence-corrected chi connectivity index (χ1v) is 9.08. The Morgan fingerprint density at radius 2 is 2.04 bits per heavy atom. The van der Waals surface area contributed by atoms with Gasteiger partial charge in [0.15, 0.2) is 0 Å². The molecule has 1 aliphatic heterocycles. The fraction of sp³-hybridized carbons (Fsp3) is 0.500. The number of amides is 1. The Hall–Kier alpha value is -2.06. The van der Waals surface area contributed by atoms with Gasteiger partial charge in [0.1, 0.15) is 5.69 Å². The summed E-state index contributed by atoms with van der Waals surface area (Å²) in [5.41, 5.74) is 3.09. The van der Waals surface area contributed by atoms with Crippen LogP contribution in [0.5, 0.6) is 0 Å². The van der Waals surface area contributed by atoms with Crippen molar-refractivity contribution in [3.63, 3.8) is 0 Å². The highest BCUT2D eigenvalue weighted by atomic mass is 32.1. The van der Waals surface area contributed by atoms with Gasteiger partial charge in [-0.15, -0.1) is 11.3 Å². The van der Waals surface area contributed by atoms with Crippen LogP contribution < -0.4 is 5.56 Å². The van der Waals surface area contributed by atoms with E-state index in [0.29, 0.717) is 25.3 Å². The normalized spacial score (nSPS) is 15.6. The maximum atomic E-state index is 12.6. The quantitative estimate of drug-likeness (QED) is 0.809. The van der Waals surface area contributed by atoms with Crippen LogP contribution in [-0.4, -0.2) is 56.7 Å². The maximum absolute atomic E-state index is 12.6.